The zero-order valence-corrected chi connectivity index (χ0v) is 61.1. The Kier molecular flexibility index (Phi) is 60.9. The third kappa shape index (κ3) is 48.1. The maximum Gasteiger partial charge on any atom is 0.220 e. The van der Waals surface area contributed by atoms with Crippen molar-refractivity contribution in [2.24, 2.45) is 0 Å². The van der Waals surface area contributed by atoms with Crippen LogP contribution in [0.25, 0.3) is 0 Å². The van der Waals surface area contributed by atoms with Gasteiger partial charge in [-0.05, 0) is 70.6 Å². The summed E-state index contributed by atoms with van der Waals surface area (Å²) in [5.41, 5.74) is 0. The van der Waals surface area contributed by atoms with Gasteiger partial charge in [0, 0.05) is 6.42 Å². The van der Waals surface area contributed by atoms with E-state index in [0.717, 1.165) is 96.3 Å². The SMILES string of the molecule is CC/C=C\C/C=C\C/C=C\C/C=C\C/C=C\C/C=C\C/C=C\CCCCCCCCCCCCCCCCCCCC(=O)NC(COC1OC(CO)C(OC2OC(CO)C(O)C(O)C2O)C(O)C1O)C(O)CCCCCCCCCCCCCCCCCCCCCCCCC. The molecule has 12 atom stereocenters. The first-order chi connectivity index (χ1) is 47.1. The van der Waals surface area contributed by atoms with E-state index in [1.165, 1.54) is 212 Å². The highest BCUT2D eigenvalue weighted by atomic mass is 16.7. The molecule has 558 valence electrons. The smallest absolute Gasteiger partial charge is 0.220 e. The number of ether oxygens (including phenoxy) is 4. The van der Waals surface area contributed by atoms with Crippen molar-refractivity contribution in [1.82, 2.24) is 5.32 Å². The summed E-state index contributed by atoms with van der Waals surface area (Å²) < 4.78 is 23.0. The van der Waals surface area contributed by atoms with E-state index in [1.54, 1.807) is 0 Å². The summed E-state index contributed by atoms with van der Waals surface area (Å²) in [5, 5.41) is 87.8. The molecule has 2 aliphatic rings. The summed E-state index contributed by atoms with van der Waals surface area (Å²) in [6, 6.07) is -0.833. The molecule has 2 rings (SSSR count). The van der Waals surface area contributed by atoms with Gasteiger partial charge in [-0.2, -0.15) is 0 Å². The lowest BCUT2D eigenvalue weighted by atomic mass is 9.97. The lowest BCUT2D eigenvalue weighted by molar-refractivity contribution is -0.359. The molecule has 96 heavy (non-hydrogen) atoms. The van der Waals surface area contributed by atoms with Gasteiger partial charge in [-0.1, -0.05) is 343 Å². The molecular weight excluding hydrogens is 1210 g/mol. The molecule has 12 unspecified atom stereocenters. The van der Waals surface area contributed by atoms with Gasteiger partial charge in [0.05, 0.1) is 32.0 Å². The maximum atomic E-state index is 13.4. The van der Waals surface area contributed by atoms with Crippen molar-refractivity contribution in [3.05, 3.63) is 85.1 Å². The summed E-state index contributed by atoms with van der Waals surface area (Å²) in [6.45, 7) is 2.79. The molecular formula is C82H147NO13. The molecule has 14 nitrogen and oxygen atoms in total. The standard InChI is InChI=1S/C82H147NO13/c1-3-5-7-9-11-13-15-17-19-21-23-25-27-28-29-30-31-32-33-34-35-36-37-38-39-40-41-42-44-46-48-50-52-54-56-58-60-62-64-66-74(87)83-70(69-93-81-79(92)77(90)80(73(68-85)95-81)96-82-78(91)76(89)75(88)72(67-84)94-82)71(86)65-63-61-59-57-55-53-51-49-47-45-43-26-24-22-20-18-16-14-12-10-8-6-4-2/h5,7,11,13,17,19,23,25,28-29,31-32,34-35,70-73,75-82,84-86,88-92H,3-4,6,8-10,12,14-16,18,20-22,24,26-27,30,33,36-69H2,1-2H3,(H,83,87)/b7-5-,13-11-,19-17-,25-23-,29-28-,32-31-,35-34-. The van der Waals surface area contributed by atoms with Gasteiger partial charge in [0.2, 0.25) is 5.91 Å². The third-order valence-corrected chi connectivity index (χ3v) is 19.1. The summed E-state index contributed by atoms with van der Waals surface area (Å²) in [7, 11) is 0. The second-order valence-electron chi connectivity index (χ2n) is 27.8. The molecule has 2 saturated heterocycles. The Bertz CT molecular complexity index is 1940. The van der Waals surface area contributed by atoms with Crippen molar-refractivity contribution in [3.8, 4) is 0 Å². The Morgan fingerprint density at radius 3 is 1.10 bits per heavy atom. The fourth-order valence-corrected chi connectivity index (χ4v) is 12.9. The van der Waals surface area contributed by atoms with E-state index in [2.05, 4.69) is 104 Å². The summed E-state index contributed by atoms with van der Waals surface area (Å²) >= 11 is 0. The number of rotatable bonds is 66. The predicted octanol–water partition coefficient (Wildman–Crippen LogP) is 17.9. The number of aliphatic hydroxyl groups excluding tert-OH is 8. The average molecular weight is 1360 g/mol. The number of nitrogens with one attached hydrogen (secondary N) is 1. The van der Waals surface area contributed by atoms with Crippen LogP contribution in [0.1, 0.15) is 335 Å². The number of unbranched alkanes of at least 4 members (excludes halogenated alkanes) is 39. The molecule has 14 heteroatoms. The Labute approximate surface area is 586 Å². The lowest BCUT2D eigenvalue weighted by Crippen LogP contribution is -2.65. The second-order valence-corrected chi connectivity index (χ2v) is 27.8. The summed E-state index contributed by atoms with van der Waals surface area (Å²) in [6.07, 6.45) is 74.7. The van der Waals surface area contributed by atoms with Gasteiger partial charge in [0.25, 0.3) is 0 Å². The molecule has 1 amide bonds. The minimum absolute atomic E-state index is 0.203. The van der Waals surface area contributed by atoms with Crippen molar-refractivity contribution in [3.63, 3.8) is 0 Å². The monoisotopic (exact) mass is 1350 g/mol. The molecule has 9 N–H and O–H groups in total. The molecule has 2 aliphatic heterocycles. The number of hydrogen-bond acceptors (Lipinski definition) is 13. The topological polar surface area (TPSA) is 228 Å². The predicted molar refractivity (Wildman–Crippen MR) is 396 cm³/mol. The van der Waals surface area contributed by atoms with Crippen LogP contribution in [-0.4, -0.2) is 140 Å². The summed E-state index contributed by atoms with van der Waals surface area (Å²) in [5.74, 6) is -0.203. The first-order valence-corrected chi connectivity index (χ1v) is 39.8. The third-order valence-electron chi connectivity index (χ3n) is 19.1. The highest BCUT2D eigenvalue weighted by Gasteiger charge is 2.51. The van der Waals surface area contributed by atoms with E-state index in [0.29, 0.717) is 12.8 Å². The Balaban J connectivity index is 1.59. The number of hydrogen-bond donors (Lipinski definition) is 9. The molecule has 0 saturated carbocycles. The van der Waals surface area contributed by atoms with E-state index in [1.807, 2.05) is 0 Å². The van der Waals surface area contributed by atoms with Crippen LogP contribution in [-0.2, 0) is 23.7 Å². The number of carbonyl (C=O) groups is 1. The van der Waals surface area contributed by atoms with E-state index < -0.39 is 86.8 Å². The van der Waals surface area contributed by atoms with Gasteiger partial charge in [-0.3, -0.25) is 4.79 Å². The normalized spacial score (nSPS) is 22.7. The van der Waals surface area contributed by atoms with Crippen molar-refractivity contribution < 1.29 is 64.6 Å². The molecule has 0 bridgehead atoms. The first-order valence-electron chi connectivity index (χ1n) is 39.8. The van der Waals surface area contributed by atoms with Gasteiger partial charge in [-0.25, -0.2) is 0 Å². The van der Waals surface area contributed by atoms with Crippen molar-refractivity contribution >= 4 is 5.91 Å². The fraction of sp³-hybridized carbons (Fsp3) is 0.817. The van der Waals surface area contributed by atoms with Gasteiger partial charge in [-0.15, -0.1) is 0 Å². The molecule has 0 radical (unpaired) electrons. The molecule has 0 aromatic rings. The molecule has 0 aromatic heterocycles. The number of allylic oxidation sites excluding steroid dienone is 14. The number of aliphatic hydroxyl groups is 8. The molecule has 0 spiro atoms. The van der Waals surface area contributed by atoms with Gasteiger partial charge in [0.1, 0.15) is 48.8 Å². The fourth-order valence-electron chi connectivity index (χ4n) is 12.9. The van der Waals surface area contributed by atoms with Crippen LogP contribution in [0.3, 0.4) is 0 Å². The second kappa shape index (κ2) is 65.5. The van der Waals surface area contributed by atoms with Crippen molar-refractivity contribution in [1.29, 1.82) is 0 Å². The van der Waals surface area contributed by atoms with Gasteiger partial charge in [0.15, 0.2) is 12.6 Å². The van der Waals surface area contributed by atoms with Crippen LogP contribution in [0.15, 0.2) is 85.1 Å². The van der Waals surface area contributed by atoms with Gasteiger partial charge < -0.3 is 65.1 Å². The lowest BCUT2D eigenvalue weighted by Gasteiger charge is -2.46. The molecule has 0 aromatic carbocycles. The number of carbonyl (C=O) groups excluding carboxylic acids is 1. The Hall–Kier alpha value is -2.83. The Morgan fingerprint density at radius 2 is 0.719 bits per heavy atom. The van der Waals surface area contributed by atoms with Gasteiger partial charge >= 0.3 is 0 Å². The minimum atomic E-state index is -1.79. The van der Waals surface area contributed by atoms with E-state index in [-0.39, 0.29) is 12.5 Å². The first kappa shape index (κ1) is 89.3. The van der Waals surface area contributed by atoms with Crippen molar-refractivity contribution in [2.75, 3.05) is 19.8 Å². The number of amides is 1. The molecule has 0 aliphatic carbocycles. The van der Waals surface area contributed by atoms with Crippen LogP contribution >= 0.6 is 0 Å². The van der Waals surface area contributed by atoms with Crippen LogP contribution in [0.4, 0.5) is 0 Å². The van der Waals surface area contributed by atoms with Crippen LogP contribution in [0, 0.1) is 0 Å². The largest absolute Gasteiger partial charge is 0.394 e. The highest BCUT2D eigenvalue weighted by Crippen LogP contribution is 2.30. The zero-order valence-electron chi connectivity index (χ0n) is 61.1. The van der Waals surface area contributed by atoms with E-state index in [9.17, 15) is 45.6 Å². The molecule has 2 fully saturated rings. The zero-order chi connectivity index (χ0) is 69.4. The van der Waals surface area contributed by atoms with E-state index >= 15 is 0 Å². The van der Waals surface area contributed by atoms with Crippen LogP contribution in [0.5, 0.6) is 0 Å². The Morgan fingerprint density at radius 1 is 0.385 bits per heavy atom. The van der Waals surface area contributed by atoms with E-state index in [4.69, 9.17) is 18.9 Å². The average Bonchev–Trinajstić information content (AvgIpc) is 0.806. The van der Waals surface area contributed by atoms with Crippen molar-refractivity contribution in [2.45, 2.75) is 408 Å². The molecule has 2 heterocycles. The highest BCUT2D eigenvalue weighted by molar-refractivity contribution is 5.76. The van der Waals surface area contributed by atoms with Crippen LogP contribution in [0.2, 0.25) is 0 Å². The quantitative estimate of drug-likeness (QED) is 0.0204. The maximum absolute atomic E-state index is 13.4. The summed E-state index contributed by atoms with van der Waals surface area (Å²) in [4.78, 5) is 13.4. The minimum Gasteiger partial charge on any atom is -0.394 e. The van der Waals surface area contributed by atoms with Crippen LogP contribution < -0.4 is 5.32 Å².